The molecule has 0 bridgehead atoms. The van der Waals surface area contributed by atoms with Gasteiger partial charge in [0.25, 0.3) is 0 Å². The van der Waals surface area contributed by atoms with Crippen molar-refractivity contribution in [2.45, 2.75) is 4.83 Å². The molecule has 106 valence electrons. The minimum Gasteiger partial charge on any atom is -0.495 e. The van der Waals surface area contributed by atoms with Gasteiger partial charge in [0, 0.05) is 20.1 Å². The molecular formula is C14H9Br3Cl2O. The normalized spacial score (nSPS) is 12.3. The Morgan fingerprint density at radius 1 is 1.05 bits per heavy atom. The van der Waals surface area contributed by atoms with Crippen molar-refractivity contribution in [1.82, 2.24) is 0 Å². The minimum atomic E-state index is -0.127. The quantitative estimate of drug-likeness (QED) is 0.409. The summed E-state index contributed by atoms with van der Waals surface area (Å²) in [5.41, 5.74) is 1.85. The van der Waals surface area contributed by atoms with Crippen molar-refractivity contribution in [1.29, 1.82) is 0 Å². The molecule has 0 radical (unpaired) electrons. The number of hydrogen-bond donors (Lipinski definition) is 0. The first-order chi connectivity index (χ1) is 9.43. The Labute approximate surface area is 153 Å². The van der Waals surface area contributed by atoms with E-state index in [0.717, 1.165) is 25.8 Å². The zero-order valence-electron chi connectivity index (χ0n) is 10.3. The summed E-state index contributed by atoms with van der Waals surface area (Å²) in [7, 11) is 1.62. The van der Waals surface area contributed by atoms with Crippen molar-refractivity contribution >= 4 is 71.0 Å². The van der Waals surface area contributed by atoms with E-state index in [2.05, 4.69) is 47.8 Å². The Kier molecular flexibility index (Phi) is 5.83. The van der Waals surface area contributed by atoms with Crippen molar-refractivity contribution in [2.75, 3.05) is 7.11 Å². The molecule has 0 N–H and O–H groups in total. The molecule has 0 saturated carbocycles. The third-order valence-corrected chi connectivity index (χ3v) is 5.38. The Balaban J connectivity index is 2.58. The Bertz CT molecular complexity index is 647. The molecule has 1 unspecified atom stereocenters. The summed E-state index contributed by atoms with van der Waals surface area (Å²) >= 11 is 23.0. The molecule has 2 aromatic rings. The van der Waals surface area contributed by atoms with Gasteiger partial charge in [0.15, 0.2) is 0 Å². The van der Waals surface area contributed by atoms with Crippen LogP contribution in [0.2, 0.25) is 10.0 Å². The van der Waals surface area contributed by atoms with Crippen molar-refractivity contribution < 1.29 is 4.74 Å². The second kappa shape index (κ2) is 7.01. The van der Waals surface area contributed by atoms with Crippen molar-refractivity contribution in [3.63, 3.8) is 0 Å². The Hall–Kier alpha value is 0.260. The fourth-order valence-electron chi connectivity index (χ4n) is 1.86. The topological polar surface area (TPSA) is 9.23 Å². The van der Waals surface area contributed by atoms with Crippen LogP contribution in [-0.2, 0) is 0 Å². The molecule has 1 atom stereocenters. The molecule has 0 aromatic heterocycles. The van der Waals surface area contributed by atoms with Gasteiger partial charge in [0.1, 0.15) is 5.75 Å². The summed E-state index contributed by atoms with van der Waals surface area (Å²) in [5.74, 6) is 0.729. The lowest BCUT2D eigenvalue weighted by atomic mass is 10.0. The van der Waals surface area contributed by atoms with Crippen LogP contribution in [0.1, 0.15) is 16.0 Å². The van der Waals surface area contributed by atoms with Gasteiger partial charge >= 0.3 is 0 Å². The van der Waals surface area contributed by atoms with E-state index in [-0.39, 0.29) is 4.83 Å². The maximum Gasteiger partial charge on any atom is 0.137 e. The van der Waals surface area contributed by atoms with Crippen molar-refractivity contribution in [2.24, 2.45) is 0 Å². The molecule has 20 heavy (non-hydrogen) atoms. The first-order valence-corrected chi connectivity index (χ1v) is 8.81. The molecule has 2 aromatic carbocycles. The molecule has 0 heterocycles. The van der Waals surface area contributed by atoms with E-state index in [4.69, 9.17) is 27.9 Å². The van der Waals surface area contributed by atoms with Crippen LogP contribution in [0.15, 0.2) is 39.3 Å². The summed E-state index contributed by atoms with van der Waals surface area (Å²) in [6.07, 6.45) is 0. The van der Waals surface area contributed by atoms with Crippen LogP contribution in [0.5, 0.6) is 5.75 Å². The predicted octanol–water partition coefficient (Wildman–Crippen LogP) is 7.01. The van der Waals surface area contributed by atoms with Gasteiger partial charge in [-0.15, -0.1) is 0 Å². The van der Waals surface area contributed by atoms with Gasteiger partial charge in [-0.1, -0.05) is 55.1 Å². The smallest absolute Gasteiger partial charge is 0.137 e. The van der Waals surface area contributed by atoms with E-state index < -0.39 is 0 Å². The van der Waals surface area contributed by atoms with E-state index in [9.17, 15) is 0 Å². The van der Waals surface area contributed by atoms with Gasteiger partial charge in [-0.25, -0.2) is 0 Å². The average molecular weight is 504 g/mol. The molecule has 1 nitrogen and oxygen atoms in total. The van der Waals surface area contributed by atoms with Crippen LogP contribution in [-0.4, -0.2) is 7.11 Å². The van der Waals surface area contributed by atoms with Crippen LogP contribution >= 0.6 is 71.0 Å². The van der Waals surface area contributed by atoms with Crippen molar-refractivity contribution in [3.05, 3.63) is 60.4 Å². The number of methoxy groups -OCH3 is 1. The van der Waals surface area contributed by atoms with Crippen molar-refractivity contribution in [3.8, 4) is 5.75 Å². The molecule has 0 aliphatic heterocycles. The largest absolute Gasteiger partial charge is 0.495 e. The summed E-state index contributed by atoms with van der Waals surface area (Å²) in [4.78, 5) is -0.127. The molecule has 0 aliphatic rings. The molecular weight excluding hydrogens is 495 g/mol. The monoisotopic (exact) mass is 500 g/mol. The van der Waals surface area contributed by atoms with Gasteiger partial charge in [-0.2, -0.15) is 0 Å². The molecule has 0 amide bonds. The lowest BCUT2D eigenvalue weighted by molar-refractivity contribution is 0.408. The third-order valence-electron chi connectivity index (χ3n) is 2.75. The summed E-state index contributed by atoms with van der Waals surface area (Å²) < 4.78 is 7.22. The number of hydrogen-bond acceptors (Lipinski definition) is 1. The van der Waals surface area contributed by atoms with Crippen LogP contribution < -0.4 is 4.74 Å². The zero-order valence-corrected chi connectivity index (χ0v) is 16.5. The highest BCUT2D eigenvalue weighted by Gasteiger charge is 2.20. The van der Waals surface area contributed by atoms with Gasteiger partial charge in [-0.05, 0) is 51.8 Å². The van der Waals surface area contributed by atoms with E-state index in [1.807, 2.05) is 24.3 Å². The lowest BCUT2D eigenvalue weighted by Crippen LogP contribution is -1.99. The van der Waals surface area contributed by atoms with Crippen LogP contribution in [0.3, 0.4) is 0 Å². The number of rotatable bonds is 3. The predicted molar refractivity (Wildman–Crippen MR) is 95.6 cm³/mol. The molecule has 2 rings (SSSR count). The molecule has 0 aliphatic carbocycles. The zero-order chi connectivity index (χ0) is 14.9. The van der Waals surface area contributed by atoms with Gasteiger partial charge < -0.3 is 4.74 Å². The van der Waals surface area contributed by atoms with E-state index in [1.54, 1.807) is 13.2 Å². The molecule has 0 saturated heterocycles. The van der Waals surface area contributed by atoms with Gasteiger partial charge in [-0.3, -0.25) is 0 Å². The van der Waals surface area contributed by atoms with Crippen LogP contribution in [0.4, 0.5) is 0 Å². The lowest BCUT2D eigenvalue weighted by Gasteiger charge is -2.18. The van der Waals surface area contributed by atoms with Crippen LogP contribution in [0.25, 0.3) is 0 Å². The van der Waals surface area contributed by atoms with Gasteiger partial charge in [0.2, 0.25) is 0 Å². The highest BCUT2D eigenvalue weighted by molar-refractivity contribution is 9.11. The van der Waals surface area contributed by atoms with E-state index in [1.165, 1.54) is 0 Å². The first-order valence-electron chi connectivity index (χ1n) is 5.56. The maximum absolute atomic E-state index is 6.28. The average Bonchev–Trinajstić information content (AvgIpc) is 2.40. The third kappa shape index (κ3) is 3.53. The van der Waals surface area contributed by atoms with Crippen LogP contribution in [0, 0.1) is 0 Å². The molecule has 6 heteroatoms. The first kappa shape index (κ1) is 16.6. The second-order valence-electron chi connectivity index (χ2n) is 4.04. The summed E-state index contributed by atoms with van der Waals surface area (Å²) in [6.45, 7) is 0. The second-order valence-corrected chi connectivity index (χ2v) is 7.57. The van der Waals surface area contributed by atoms with E-state index >= 15 is 0 Å². The number of benzene rings is 2. The minimum absolute atomic E-state index is 0.127. The number of halogens is 5. The number of ether oxygens (including phenoxy) is 1. The summed E-state index contributed by atoms with van der Waals surface area (Å²) in [5, 5.41) is 1.30. The van der Waals surface area contributed by atoms with Gasteiger partial charge in [0.05, 0.1) is 16.4 Å². The Morgan fingerprint density at radius 3 is 2.40 bits per heavy atom. The Morgan fingerprint density at radius 2 is 1.75 bits per heavy atom. The molecule has 0 spiro atoms. The highest BCUT2D eigenvalue weighted by atomic mass is 79.9. The fraction of sp³-hybridized carbons (Fsp3) is 0.143. The number of alkyl halides is 1. The molecule has 0 fully saturated rings. The maximum atomic E-state index is 6.28. The standard InChI is InChI=1S/C14H9Br3Cl2O/c1-20-14-10(5-8(18)6-11(14)16)13(17)9-4-7(15)2-3-12(9)19/h2-6,13H,1H3. The highest BCUT2D eigenvalue weighted by Crippen LogP contribution is 2.44. The SMILES string of the molecule is COc1c(Br)cc(Cl)cc1C(Br)c1cc(Br)ccc1Cl. The fourth-order valence-corrected chi connectivity index (χ4v) is 4.31. The van der Waals surface area contributed by atoms with E-state index in [0.29, 0.717) is 10.0 Å². The summed E-state index contributed by atoms with van der Waals surface area (Å²) in [6, 6.07) is 9.38.